The molecular formula is C13H16N2OS2. The molecule has 0 saturated heterocycles. The first kappa shape index (κ1) is 12.3. The third kappa shape index (κ3) is 2.64. The first-order valence-corrected chi connectivity index (χ1v) is 7.81. The van der Waals surface area contributed by atoms with Crippen molar-refractivity contribution in [1.82, 2.24) is 10.3 Å². The molecule has 0 bridgehead atoms. The van der Waals surface area contributed by atoms with E-state index in [1.165, 1.54) is 9.75 Å². The third-order valence-corrected chi connectivity index (χ3v) is 5.41. The topological polar surface area (TPSA) is 45.1 Å². The van der Waals surface area contributed by atoms with Crippen molar-refractivity contribution in [2.75, 3.05) is 13.2 Å². The molecule has 0 amide bonds. The van der Waals surface area contributed by atoms with Gasteiger partial charge >= 0.3 is 0 Å². The van der Waals surface area contributed by atoms with Crippen LogP contribution in [0.4, 0.5) is 0 Å². The molecule has 96 valence electrons. The molecule has 18 heavy (non-hydrogen) atoms. The molecule has 1 saturated carbocycles. The Kier molecular flexibility index (Phi) is 3.48. The number of aliphatic hydroxyl groups excluding tert-OH is 1. The van der Waals surface area contributed by atoms with E-state index in [0.29, 0.717) is 6.61 Å². The molecule has 0 spiro atoms. The van der Waals surface area contributed by atoms with Crippen molar-refractivity contribution in [3.63, 3.8) is 0 Å². The Bertz CT molecular complexity index is 503. The van der Waals surface area contributed by atoms with Gasteiger partial charge in [0.2, 0.25) is 0 Å². The summed E-state index contributed by atoms with van der Waals surface area (Å²) in [6, 6.07) is 4.16. The van der Waals surface area contributed by atoms with Crippen LogP contribution in [0.25, 0.3) is 9.88 Å². The number of nitrogens with zero attached hydrogens (tertiary/aromatic N) is 1. The van der Waals surface area contributed by atoms with Gasteiger partial charge in [-0.15, -0.1) is 22.7 Å². The van der Waals surface area contributed by atoms with E-state index in [4.69, 9.17) is 0 Å². The Morgan fingerprint density at radius 1 is 1.44 bits per heavy atom. The van der Waals surface area contributed by atoms with Crippen molar-refractivity contribution in [1.29, 1.82) is 0 Å². The minimum absolute atomic E-state index is 0.182. The van der Waals surface area contributed by atoms with E-state index < -0.39 is 0 Å². The third-order valence-electron chi connectivity index (χ3n) is 3.38. The molecular weight excluding hydrogens is 264 g/mol. The maximum atomic E-state index is 9.23. The minimum atomic E-state index is 0.182. The summed E-state index contributed by atoms with van der Waals surface area (Å²) in [5.41, 5.74) is 0.182. The van der Waals surface area contributed by atoms with Gasteiger partial charge in [-0.1, -0.05) is 6.07 Å². The van der Waals surface area contributed by atoms with Crippen LogP contribution in [0.1, 0.15) is 17.7 Å². The van der Waals surface area contributed by atoms with Crippen molar-refractivity contribution in [2.24, 2.45) is 5.41 Å². The lowest BCUT2D eigenvalue weighted by atomic mass is 10.1. The van der Waals surface area contributed by atoms with Crippen LogP contribution in [0.15, 0.2) is 23.7 Å². The molecule has 0 aliphatic heterocycles. The van der Waals surface area contributed by atoms with Crippen molar-refractivity contribution < 1.29 is 5.11 Å². The number of hydrogen-bond acceptors (Lipinski definition) is 5. The van der Waals surface area contributed by atoms with Gasteiger partial charge in [0.1, 0.15) is 5.01 Å². The number of thiazole rings is 1. The van der Waals surface area contributed by atoms with Gasteiger partial charge in [0, 0.05) is 36.2 Å². The Balaban J connectivity index is 1.54. The van der Waals surface area contributed by atoms with E-state index in [-0.39, 0.29) is 5.41 Å². The molecule has 5 heteroatoms. The Morgan fingerprint density at radius 3 is 3.00 bits per heavy atom. The van der Waals surface area contributed by atoms with E-state index in [1.807, 2.05) is 6.20 Å². The molecule has 2 aromatic rings. The number of hydrogen-bond donors (Lipinski definition) is 2. The lowest BCUT2D eigenvalue weighted by Gasteiger charge is -2.11. The van der Waals surface area contributed by atoms with Crippen molar-refractivity contribution >= 4 is 22.7 Å². The second kappa shape index (κ2) is 5.09. The number of nitrogens with one attached hydrogen (secondary N) is 1. The Hall–Kier alpha value is -0.750. The van der Waals surface area contributed by atoms with Gasteiger partial charge in [0.25, 0.3) is 0 Å². The van der Waals surface area contributed by atoms with Crippen molar-refractivity contribution in [2.45, 2.75) is 19.4 Å². The Morgan fingerprint density at radius 2 is 2.33 bits per heavy atom. The Labute approximate surface area is 115 Å². The van der Waals surface area contributed by atoms with Crippen LogP contribution in [0.3, 0.4) is 0 Å². The number of aromatic nitrogens is 1. The predicted molar refractivity (Wildman–Crippen MR) is 75.9 cm³/mol. The predicted octanol–water partition coefficient (Wildman–Crippen LogP) is 2.73. The molecule has 2 heterocycles. The standard InChI is InChI=1S/C13H16N2OS2/c16-9-13(3-4-13)8-14-6-10-7-15-12(18-10)11-2-1-5-17-11/h1-2,5,7,14,16H,3-4,6,8-9H2. The van der Waals surface area contributed by atoms with Gasteiger partial charge in [-0.05, 0) is 24.3 Å². The molecule has 3 nitrogen and oxygen atoms in total. The molecule has 2 N–H and O–H groups in total. The van der Waals surface area contributed by atoms with E-state index in [1.54, 1.807) is 22.7 Å². The number of thiophene rings is 1. The highest BCUT2D eigenvalue weighted by molar-refractivity contribution is 7.20. The lowest BCUT2D eigenvalue weighted by Crippen LogP contribution is -2.25. The molecule has 1 aliphatic carbocycles. The van der Waals surface area contributed by atoms with Crippen LogP contribution in [0.2, 0.25) is 0 Å². The highest BCUT2D eigenvalue weighted by Gasteiger charge is 2.41. The van der Waals surface area contributed by atoms with Crippen LogP contribution in [-0.2, 0) is 6.54 Å². The zero-order chi connectivity index (χ0) is 12.4. The summed E-state index contributed by atoms with van der Waals surface area (Å²) in [7, 11) is 0. The van der Waals surface area contributed by atoms with Crippen LogP contribution in [0, 0.1) is 5.41 Å². The molecule has 0 unspecified atom stereocenters. The van der Waals surface area contributed by atoms with Crippen LogP contribution < -0.4 is 5.32 Å². The number of aliphatic hydroxyl groups is 1. The summed E-state index contributed by atoms with van der Waals surface area (Å²) in [6.07, 6.45) is 4.25. The second-order valence-corrected chi connectivity index (χ2v) is 6.93. The van der Waals surface area contributed by atoms with E-state index in [0.717, 1.165) is 30.9 Å². The van der Waals surface area contributed by atoms with Gasteiger partial charge in [-0.2, -0.15) is 0 Å². The molecule has 3 rings (SSSR count). The first-order chi connectivity index (χ1) is 8.81. The smallest absolute Gasteiger partial charge is 0.133 e. The van der Waals surface area contributed by atoms with Gasteiger partial charge in [-0.25, -0.2) is 4.98 Å². The molecule has 1 fully saturated rings. The average molecular weight is 280 g/mol. The van der Waals surface area contributed by atoms with Crippen LogP contribution in [-0.4, -0.2) is 23.2 Å². The largest absolute Gasteiger partial charge is 0.396 e. The molecule has 0 aromatic carbocycles. The van der Waals surface area contributed by atoms with Gasteiger partial charge in [0.15, 0.2) is 0 Å². The maximum absolute atomic E-state index is 9.23. The summed E-state index contributed by atoms with van der Waals surface area (Å²) in [5, 5.41) is 15.8. The highest BCUT2D eigenvalue weighted by atomic mass is 32.1. The monoisotopic (exact) mass is 280 g/mol. The van der Waals surface area contributed by atoms with Gasteiger partial charge < -0.3 is 10.4 Å². The quantitative estimate of drug-likeness (QED) is 0.855. The van der Waals surface area contributed by atoms with Gasteiger partial charge in [0.05, 0.1) is 4.88 Å². The number of rotatable bonds is 6. The van der Waals surface area contributed by atoms with Crippen molar-refractivity contribution in [3.05, 3.63) is 28.6 Å². The normalized spacial score (nSPS) is 16.9. The fourth-order valence-corrected chi connectivity index (χ4v) is 3.61. The first-order valence-electron chi connectivity index (χ1n) is 6.11. The summed E-state index contributed by atoms with van der Waals surface area (Å²) in [5.74, 6) is 0. The lowest BCUT2D eigenvalue weighted by molar-refractivity contribution is 0.207. The average Bonchev–Trinajstić information content (AvgIpc) is 2.84. The zero-order valence-electron chi connectivity index (χ0n) is 10.1. The van der Waals surface area contributed by atoms with Crippen molar-refractivity contribution in [3.8, 4) is 9.88 Å². The fourth-order valence-electron chi connectivity index (χ4n) is 1.92. The van der Waals surface area contributed by atoms with E-state index in [2.05, 4.69) is 27.8 Å². The SMILES string of the molecule is OCC1(CNCc2cnc(-c3cccs3)s2)CC1. The van der Waals surface area contributed by atoms with Gasteiger partial charge in [-0.3, -0.25) is 0 Å². The van der Waals surface area contributed by atoms with Crippen LogP contribution in [0.5, 0.6) is 0 Å². The summed E-state index contributed by atoms with van der Waals surface area (Å²) < 4.78 is 0. The summed E-state index contributed by atoms with van der Waals surface area (Å²) in [4.78, 5) is 6.94. The highest BCUT2D eigenvalue weighted by Crippen LogP contribution is 2.44. The molecule has 0 atom stereocenters. The zero-order valence-corrected chi connectivity index (χ0v) is 11.7. The molecule has 0 radical (unpaired) electrons. The molecule has 2 aromatic heterocycles. The van der Waals surface area contributed by atoms with E-state index >= 15 is 0 Å². The summed E-state index contributed by atoms with van der Waals surface area (Å²) >= 11 is 3.47. The second-order valence-electron chi connectivity index (χ2n) is 4.87. The van der Waals surface area contributed by atoms with Crippen LogP contribution >= 0.6 is 22.7 Å². The maximum Gasteiger partial charge on any atom is 0.133 e. The molecule has 1 aliphatic rings. The minimum Gasteiger partial charge on any atom is -0.396 e. The van der Waals surface area contributed by atoms with E-state index in [9.17, 15) is 5.11 Å². The summed E-state index contributed by atoms with van der Waals surface area (Å²) in [6.45, 7) is 2.07. The fraction of sp³-hybridized carbons (Fsp3) is 0.462.